The fourth-order valence-electron chi connectivity index (χ4n) is 11.4. The van der Waals surface area contributed by atoms with Crippen molar-refractivity contribution >= 4 is 39.5 Å². The molecule has 0 amide bonds. The van der Waals surface area contributed by atoms with Crippen LogP contribution in [0.2, 0.25) is 0 Å². The number of phosphoric ester groups is 2. The zero-order valence-corrected chi connectivity index (χ0v) is 63.1. The van der Waals surface area contributed by atoms with E-state index in [2.05, 4.69) is 41.5 Å². The number of ether oxygens (including phenoxy) is 4. The van der Waals surface area contributed by atoms with E-state index in [9.17, 15) is 43.2 Å². The SMILES string of the molecule is CCCCCCCCCCCCCCCCCCCCCC(=O)O[C@H](COC(=O)CCCCCCCCCCCCCCCCC(C)CC)COP(=O)(O)OC[C@@H](O)COP(=O)(O)OC[C@@H](COC(=O)CCCCCCCCCC)OC(=O)CCCCCCCCC(C)C. The number of hydrogen-bond acceptors (Lipinski definition) is 15. The minimum Gasteiger partial charge on any atom is -0.462 e. The van der Waals surface area contributed by atoms with Crippen molar-refractivity contribution in [3.63, 3.8) is 0 Å². The Morgan fingerprint density at radius 3 is 0.809 bits per heavy atom. The third-order valence-corrected chi connectivity index (χ3v) is 19.7. The van der Waals surface area contributed by atoms with Crippen LogP contribution in [0.4, 0.5) is 0 Å². The van der Waals surface area contributed by atoms with Crippen LogP contribution in [0.15, 0.2) is 0 Å². The zero-order chi connectivity index (χ0) is 69.3. The molecule has 0 heterocycles. The van der Waals surface area contributed by atoms with Crippen LogP contribution in [0.1, 0.15) is 388 Å². The second-order valence-corrected chi connectivity index (χ2v) is 30.7. The summed E-state index contributed by atoms with van der Waals surface area (Å²) in [6.07, 6.45) is 54.4. The van der Waals surface area contributed by atoms with Crippen molar-refractivity contribution in [1.82, 2.24) is 0 Å². The first-order chi connectivity index (χ1) is 45.4. The van der Waals surface area contributed by atoms with E-state index in [-0.39, 0.29) is 25.7 Å². The number of carbonyl (C=O) groups is 4. The molecule has 17 nitrogen and oxygen atoms in total. The molecule has 0 bridgehead atoms. The average Bonchev–Trinajstić information content (AvgIpc) is 1.22. The van der Waals surface area contributed by atoms with Crippen molar-refractivity contribution in [2.24, 2.45) is 11.8 Å². The van der Waals surface area contributed by atoms with Crippen molar-refractivity contribution < 1.29 is 80.2 Å². The summed E-state index contributed by atoms with van der Waals surface area (Å²) in [5.74, 6) is -0.605. The monoisotopic (exact) mass is 1380 g/mol. The van der Waals surface area contributed by atoms with E-state index in [4.69, 9.17) is 37.0 Å². The molecule has 94 heavy (non-hydrogen) atoms. The molecule has 3 unspecified atom stereocenters. The van der Waals surface area contributed by atoms with E-state index in [0.29, 0.717) is 31.6 Å². The summed E-state index contributed by atoms with van der Waals surface area (Å²) in [5.41, 5.74) is 0. The third-order valence-electron chi connectivity index (χ3n) is 17.8. The lowest BCUT2D eigenvalue weighted by atomic mass is 9.99. The molecule has 0 saturated heterocycles. The highest BCUT2D eigenvalue weighted by atomic mass is 31.2. The lowest BCUT2D eigenvalue weighted by Crippen LogP contribution is -2.30. The summed E-state index contributed by atoms with van der Waals surface area (Å²) in [6.45, 7) is 9.52. The lowest BCUT2D eigenvalue weighted by molar-refractivity contribution is -0.161. The molecule has 0 radical (unpaired) electrons. The van der Waals surface area contributed by atoms with Gasteiger partial charge in [0.05, 0.1) is 26.4 Å². The van der Waals surface area contributed by atoms with E-state index < -0.39 is 97.5 Å². The molecule has 0 aliphatic rings. The third kappa shape index (κ3) is 67.3. The summed E-state index contributed by atoms with van der Waals surface area (Å²) in [7, 11) is -9.90. The van der Waals surface area contributed by atoms with E-state index in [1.807, 2.05) is 0 Å². The predicted molar refractivity (Wildman–Crippen MR) is 381 cm³/mol. The summed E-state index contributed by atoms with van der Waals surface area (Å²) < 4.78 is 68.3. The van der Waals surface area contributed by atoms with Gasteiger partial charge >= 0.3 is 39.5 Å². The zero-order valence-electron chi connectivity index (χ0n) is 61.3. The first-order valence-electron chi connectivity index (χ1n) is 39.0. The van der Waals surface area contributed by atoms with Crippen molar-refractivity contribution in [3.05, 3.63) is 0 Å². The maximum Gasteiger partial charge on any atom is 0.472 e. The molecular formula is C75H146O17P2. The summed E-state index contributed by atoms with van der Waals surface area (Å²) in [4.78, 5) is 72.6. The molecule has 0 aromatic rings. The lowest BCUT2D eigenvalue weighted by Gasteiger charge is -2.21. The van der Waals surface area contributed by atoms with E-state index in [1.54, 1.807) is 0 Å². The fraction of sp³-hybridized carbons (Fsp3) is 0.947. The van der Waals surface area contributed by atoms with Crippen LogP contribution >= 0.6 is 15.6 Å². The summed E-state index contributed by atoms with van der Waals surface area (Å²) in [6, 6.07) is 0. The van der Waals surface area contributed by atoms with Gasteiger partial charge in [-0.25, -0.2) is 9.13 Å². The first-order valence-corrected chi connectivity index (χ1v) is 42.0. The van der Waals surface area contributed by atoms with Crippen LogP contribution in [-0.4, -0.2) is 96.7 Å². The Labute approximate surface area is 575 Å². The molecule has 0 aromatic carbocycles. The molecule has 6 atom stereocenters. The predicted octanol–water partition coefficient (Wildman–Crippen LogP) is 21.9. The number of rotatable bonds is 74. The molecule has 0 aromatic heterocycles. The van der Waals surface area contributed by atoms with Gasteiger partial charge in [0, 0.05) is 25.7 Å². The van der Waals surface area contributed by atoms with E-state index >= 15 is 0 Å². The number of aliphatic hydroxyl groups is 1. The Morgan fingerprint density at radius 1 is 0.309 bits per heavy atom. The average molecular weight is 1380 g/mol. The van der Waals surface area contributed by atoms with Crippen molar-refractivity contribution in [2.45, 2.75) is 407 Å². The van der Waals surface area contributed by atoms with Gasteiger partial charge in [-0.3, -0.25) is 37.3 Å². The number of carbonyl (C=O) groups excluding carboxylic acids is 4. The van der Waals surface area contributed by atoms with Crippen LogP contribution in [-0.2, 0) is 65.4 Å². The highest BCUT2D eigenvalue weighted by Crippen LogP contribution is 2.45. The maximum atomic E-state index is 13.1. The van der Waals surface area contributed by atoms with Crippen molar-refractivity contribution in [1.29, 1.82) is 0 Å². The summed E-state index contributed by atoms with van der Waals surface area (Å²) in [5, 5.41) is 10.6. The smallest absolute Gasteiger partial charge is 0.462 e. The normalized spacial score (nSPS) is 14.3. The Hall–Kier alpha value is -1.94. The van der Waals surface area contributed by atoms with E-state index in [0.717, 1.165) is 102 Å². The van der Waals surface area contributed by atoms with Crippen LogP contribution in [0, 0.1) is 11.8 Å². The minimum atomic E-state index is -4.96. The van der Waals surface area contributed by atoms with E-state index in [1.165, 1.54) is 199 Å². The standard InChI is InChI=1S/C75H146O17P2/c1-7-10-12-14-16-18-19-20-21-22-23-24-25-30-33-36-40-47-53-59-74(79)91-70(63-86-73(78)58-52-46-39-35-32-29-27-26-28-31-34-37-44-50-56-68(6)9-3)65-89-93(81,82)87-61-69(76)62-88-94(83,84)90-66-71(64-85-72(77)57-51-45-38-17-15-13-11-8-2)92-75(80)60-54-48-42-41-43-49-55-67(4)5/h67-71,76H,7-66H2,1-6H3,(H,81,82)(H,83,84)/t68?,69-,70-,71-/m1/s1. The second-order valence-electron chi connectivity index (χ2n) is 27.8. The molecule has 19 heteroatoms. The molecule has 0 spiro atoms. The van der Waals surface area contributed by atoms with Crippen LogP contribution < -0.4 is 0 Å². The molecule has 3 N–H and O–H groups in total. The van der Waals surface area contributed by atoms with Gasteiger partial charge in [0.1, 0.15) is 19.3 Å². The highest BCUT2D eigenvalue weighted by Gasteiger charge is 2.30. The number of phosphoric acid groups is 2. The Morgan fingerprint density at radius 2 is 0.543 bits per heavy atom. The number of aliphatic hydroxyl groups excluding tert-OH is 1. The molecular weight excluding hydrogens is 1230 g/mol. The topological polar surface area (TPSA) is 237 Å². The largest absolute Gasteiger partial charge is 0.472 e. The van der Waals surface area contributed by atoms with Gasteiger partial charge in [-0.15, -0.1) is 0 Å². The molecule has 0 fully saturated rings. The molecule has 0 saturated carbocycles. The van der Waals surface area contributed by atoms with Gasteiger partial charge in [0.15, 0.2) is 12.2 Å². The molecule has 0 rings (SSSR count). The minimum absolute atomic E-state index is 0.102. The molecule has 0 aliphatic heterocycles. The number of unbranched alkanes of at least 4 members (excludes halogenated alkanes) is 43. The van der Waals surface area contributed by atoms with Gasteiger partial charge < -0.3 is 33.8 Å². The second kappa shape index (κ2) is 66.9. The number of esters is 4. The van der Waals surface area contributed by atoms with Crippen molar-refractivity contribution in [3.8, 4) is 0 Å². The molecule has 558 valence electrons. The van der Waals surface area contributed by atoms with Gasteiger partial charge in [-0.2, -0.15) is 0 Å². The van der Waals surface area contributed by atoms with Crippen LogP contribution in [0.3, 0.4) is 0 Å². The van der Waals surface area contributed by atoms with Gasteiger partial charge in [0.25, 0.3) is 0 Å². The fourth-order valence-corrected chi connectivity index (χ4v) is 13.0. The Balaban J connectivity index is 5.18. The summed E-state index contributed by atoms with van der Waals surface area (Å²) >= 11 is 0. The maximum absolute atomic E-state index is 13.1. The highest BCUT2D eigenvalue weighted by molar-refractivity contribution is 7.47. The van der Waals surface area contributed by atoms with Gasteiger partial charge in [0.2, 0.25) is 0 Å². The molecule has 0 aliphatic carbocycles. The van der Waals surface area contributed by atoms with Crippen molar-refractivity contribution in [2.75, 3.05) is 39.6 Å². The Bertz CT molecular complexity index is 1820. The van der Waals surface area contributed by atoms with Crippen LogP contribution in [0.25, 0.3) is 0 Å². The number of hydrogen-bond donors (Lipinski definition) is 3. The van der Waals surface area contributed by atoms with Gasteiger partial charge in [-0.1, -0.05) is 337 Å². The quantitative estimate of drug-likeness (QED) is 0.0222. The van der Waals surface area contributed by atoms with Gasteiger partial charge in [-0.05, 0) is 37.5 Å². The Kier molecular flexibility index (Phi) is 65.5. The first kappa shape index (κ1) is 92.1. The van der Waals surface area contributed by atoms with Crippen LogP contribution in [0.5, 0.6) is 0 Å².